The fourth-order valence-corrected chi connectivity index (χ4v) is 12.5. The average Bonchev–Trinajstić information content (AvgIpc) is 4.34. The van der Waals surface area contributed by atoms with Crippen LogP contribution in [0.5, 0.6) is 0 Å². The van der Waals surface area contributed by atoms with Crippen LogP contribution in [0.2, 0.25) is 0 Å². The summed E-state index contributed by atoms with van der Waals surface area (Å²) in [7, 11) is 0. The van der Waals surface area contributed by atoms with Crippen molar-refractivity contribution < 1.29 is 13.3 Å². The topological polar surface area (TPSA) is 78.1 Å². The molecule has 0 radical (unpaired) electrons. The van der Waals surface area contributed by atoms with E-state index in [0.29, 0.717) is 17.5 Å². The van der Waals surface area contributed by atoms with Crippen molar-refractivity contribution >= 4 is 65.8 Å². The minimum absolute atomic E-state index is 0.491. The lowest BCUT2D eigenvalue weighted by Gasteiger charge is -2.34. The van der Waals surface area contributed by atoms with Crippen molar-refractivity contribution in [2.45, 2.75) is 5.41 Å². The fraction of sp³-hybridized carbons (Fsp3) is 0.0143. The Morgan fingerprint density at radius 1 is 0.263 bits per heavy atom. The zero-order valence-corrected chi connectivity index (χ0v) is 40.7. The predicted molar refractivity (Wildman–Crippen MR) is 306 cm³/mol. The molecule has 4 aromatic heterocycles. The van der Waals surface area contributed by atoms with E-state index in [1.165, 1.54) is 38.9 Å². The molecule has 0 aliphatic heterocycles. The number of hydrogen-bond donors (Lipinski definition) is 0. The smallest absolute Gasteiger partial charge is 0.164 e. The van der Waals surface area contributed by atoms with E-state index in [2.05, 4.69) is 176 Å². The van der Waals surface area contributed by atoms with Gasteiger partial charge in [-0.2, -0.15) is 0 Å². The first-order chi connectivity index (χ1) is 37.7. The van der Waals surface area contributed by atoms with Crippen molar-refractivity contribution in [3.63, 3.8) is 0 Å². The van der Waals surface area contributed by atoms with E-state index < -0.39 is 5.41 Å². The highest BCUT2D eigenvalue weighted by molar-refractivity contribution is 6.15. The first-order valence-electron chi connectivity index (χ1n) is 25.7. The number of furan rings is 3. The minimum atomic E-state index is -0.491. The van der Waals surface area contributed by atoms with Gasteiger partial charge in [0.2, 0.25) is 0 Å². The van der Waals surface area contributed by atoms with Crippen LogP contribution in [-0.4, -0.2) is 15.0 Å². The van der Waals surface area contributed by atoms with Gasteiger partial charge in [0, 0.05) is 49.0 Å². The molecule has 0 bridgehead atoms. The summed E-state index contributed by atoms with van der Waals surface area (Å²) in [5.74, 6) is 1.59. The summed E-state index contributed by atoms with van der Waals surface area (Å²) < 4.78 is 19.5. The average molecular weight is 972 g/mol. The molecule has 6 nitrogen and oxygen atoms in total. The highest BCUT2D eigenvalue weighted by atomic mass is 16.3. The van der Waals surface area contributed by atoms with Crippen LogP contribution in [0, 0.1) is 0 Å². The van der Waals surface area contributed by atoms with E-state index in [1.807, 2.05) is 72.8 Å². The summed E-state index contributed by atoms with van der Waals surface area (Å²) in [4.78, 5) is 16.1. The van der Waals surface area contributed by atoms with E-state index in [1.54, 1.807) is 0 Å². The van der Waals surface area contributed by atoms with Crippen LogP contribution in [0.3, 0.4) is 0 Å². The van der Waals surface area contributed by atoms with Crippen molar-refractivity contribution in [3.05, 3.63) is 271 Å². The van der Waals surface area contributed by atoms with Gasteiger partial charge in [0.05, 0.1) is 5.41 Å². The second kappa shape index (κ2) is 16.4. The van der Waals surface area contributed by atoms with E-state index >= 15 is 0 Å². The number of rotatable bonds is 7. The molecule has 0 spiro atoms. The largest absolute Gasteiger partial charge is 0.456 e. The number of hydrogen-bond acceptors (Lipinski definition) is 6. The summed E-state index contributed by atoms with van der Waals surface area (Å²) in [5.41, 5.74) is 18.7. The van der Waals surface area contributed by atoms with Crippen molar-refractivity contribution in [3.8, 4) is 67.5 Å². The van der Waals surface area contributed by atoms with Gasteiger partial charge >= 0.3 is 0 Å². The van der Waals surface area contributed by atoms with Crippen LogP contribution in [0.25, 0.3) is 133 Å². The lowest BCUT2D eigenvalue weighted by molar-refractivity contribution is 0.668. The third kappa shape index (κ3) is 6.19. The molecule has 76 heavy (non-hydrogen) atoms. The second-order valence-electron chi connectivity index (χ2n) is 19.7. The van der Waals surface area contributed by atoms with Crippen molar-refractivity contribution in [2.75, 3.05) is 0 Å². The molecule has 0 saturated carbocycles. The zero-order valence-electron chi connectivity index (χ0n) is 40.7. The molecule has 11 aromatic carbocycles. The van der Waals surface area contributed by atoms with Crippen LogP contribution in [0.4, 0.5) is 0 Å². The summed E-state index contributed by atoms with van der Waals surface area (Å²) in [6.07, 6.45) is 0. The number of fused-ring (bicyclic) bond motifs is 12. The number of para-hydroxylation sites is 2. The zero-order chi connectivity index (χ0) is 49.9. The third-order valence-corrected chi connectivity index (χ3v) is 15.6. The molecule has 4 heterocycles. The maximum absolute atomic E-state index is 6.70. The lowest BCUT2D eigenvalue weighted by Crippen LogP contribution is -2.28. The molecular weight excluding hydrogens is 931 g/mol. The first kappa shape index (κ1) is 42.3. The van der Waals surface area contributed by atoms with Gasteiger partial charge in [0.15, 0.2) is 17.5 Å². The molecule has 1 aliphatic carbocycles. The minimum Gasteiger partial charge on any atom is -0.456 e. The van der Waals surface area contributed by atoms with Crippen molar-refractivity contribution in [2.24, 2.45) is 0 Å². The fourth-order valence-electron chi connectivity index (χ4n) is 12.5. The molecule has 16 rings (SSSR count). The van der Waals surface area contributed by atoms with Gasteiger partial charge in [0.1, 0.15) is 33.5 Å². The number of nitrogens with zero attached hydrogens (tertiary/aromatic N) is 3. The van der Waals surface area contributed by atoms with Gasteiger partial charge in [0.25, 0.3) is 0 Å². The number of benzene rings is 11. The summed E-state index contributed by atoms with van der Waals surface area (Å²) >= 11 is 0. The van der Waals surface area contributed by atoms with Crippen LogP contribution in [0.1, 0.15) is 22.3 Å². The molecule has 0 unspecified atom stereocenters. The number of aromatic nitrogens is 3. The Kier molecular flexibility index (Phi) is 9.15. The molecule has 15 aromatic rings. The van der Waals surface area contributed by atoms with Crippen LogP contribution >= 0.6 is 0 Å². The molecule has 354 valence electrons. The van der Waals surface area contributed by atoms with Crippen LogP contribution in [0.15, 0.2) is 262 Å². The molecule has 1 aliphatic rings. The van der Waals surface area contributed by atoms with Crippen molar-refractivity contribution in [1.82, 2.24) is 15.0 Å². The molecule has 0 fully saturated rings. The Bertz CT molecular complexity index is 4660. The normalized spacial score (nSPS) is 12.8. The monoisotopic (exact) mass is 971 g/mol. The molecule has 0 amide bonds. The van der Waals surface area contributed by atoms with Gasteiger partial charge in [-0.3, -0.25) is 0 Å². The van der Waals surface area contributed by atoms with Crippen molar-refractivity contribution in [1.29, 1.82) is 0 Å². The quantitative estimate of drug-likeness (QED) is 0.158. The summed E-state index contributed by atoms with van der Waals surface area (Å²) in [6.45, 7) is 0. The lowest BCUT2D eigenvalue weighted by atomic mass is 9.67. The van der Waals surface area contributed by atoms with E-state index in [0.717, 1.165) is 99.2 Å². The standard InChI is InChI=1S/C70H41N3O3/c1-3-20-45(21-4-1)70(46-22-5-2-6-23-46)55-31-10-7-24-48(55)63-47(27-14-32-56(63)70)44-19-13-18-42(40-44)43-38-39-59-54(41-43)66-53(30-17-37-62(66)76-59)69-72-67(51-28-15-35-60-64(51)49-25-8-11-33-57(49)74-60)71-68(73-69)52-29-16-36-61-65(52)50-26-9-12-34-58(50)75-61/h1-41H. The van der Waals surface area contributed by atoms with Crippen LogP contribution in [-0.2, 0) is 5.41 Å². The molecule has 0 saturated heterocycles. The Labute approximate surface area is 435 Å². The molecule has 0 N–H and O–H groups in total. The summed E-state index contributed by atoms with van der Waals surface area (Å²) in [5, 5.41) is 5.77. The summed E-state index contributed by atoms with van der Waals surface area (Å²) in [6, 6.07) is 87.7. The van der Waals surface area contributed by atoms with E-state index in [-0.39, 0.29) is 0 Å². The molecular formula is C70H41N3O3. The van der Waals surface area contributed by atoms with E-state index in [4.69, 9.17) is 28.2 Å². The Hall–Kier alpha value is -10.2. The van der Waals surface area contributed by atoms with Gasteiger partial charge in [-0.05, 0) is 104 Å². The Morgan fingerprint density at radius 2 is 0.671 bits per heavy atom. The SMILES string of the molecule is c1ccc(C2(c3ccccc3)c3ccccc3-c3c(-c4cccc(-c5ccc6oc7cccc(-c8nc(-c9cccc%10oc%11ccccc%11c9%10)nc(-c9cccc%10oc%11ccccc%11c9%10)n8)c7c6c5)c4)cccc32)cc1. The van der Waals surface area contributed by atoms with E-state index in [9.17, 15) is 0 Å². The van der Waals surface area contributed by atoms with Crippen LogP contribution < -0.4 is 0 Å². The Morgan fingerprint density at radius 3 is 1.26 bits per heavy atom. The highest BCUT2D eigenvalue weighted by Gasteiger charge is 2.46. The maximum Gasteiger partial charge on any atom is 0.164 e. The van der Waals surface area contributed by atoms with Gasteiger partial charge in [-0.15, -0.1) is 0 Å². The van der Waals surface area contributed by atoms with Gasteiger partial charge < -0.3 is 13.3 Å². The van der Waals surface area contributed by atoms with Gasteiger partial charge in [-0.25, -0.2) is 15.0 Å². The maximum atomic E-state index is 6.70. The Balaban J connectivity index is 0.878. The molecule has 0 atom stereocenters. The highest BCUT2D eigenvalue weighted by Crippen LogP contribution is 2.58. The second-order valence-corrected chi connectivity index (χ2v) is 19.7. The first-order valence-corrected chi connectivity index (χ1v) is 25.7. The predicted octanol–water partition coefficient (Wildman–Crippen LogP) is 18.3. The van der Waals surface area contributed by atoms with Gasteiger partial charge in [-0.1, -0.05) is 200 Å². The molecule has 6 heteroatoms. The third-order valence-electron chi connectivity index (χ3n) is 15.6.